The Morgan fingerprint density at radius 2 is 1.84 bits per heavy atom. The van der Waals surface area contributed by atoms with E-state index in [1.54, 1.807) is 25.1 Å². The van der Waals surface area contributed by atoms with E-state index in [-0.39, 0.29) is 17.7 Å². The van der Waals surface area contributed by atoms with Gasteiger partial charge in [-0.3, -0.25) is 10.4 Å². The van der Waals surface area contributed by atoms with Crippen molar-refractivity contribution in [3.8, 4) is 11.4 Å². The molecule has 0 fully saturated rings. The zero-order valence-corrected chi connectivity index (χ0v) is 16.9. The highest BCUT2D eigenvalue weighted by molar-refractivity contribution is 5.85. The van der Waals surface area contributed by atoms with E-state index >= 15 is 0 Å². The van der Waals surface area contributed by atoms with Crippen LogP contribution in [0.25, 0.3) is 22.3 Å². The molecule has 32 heavy (non-hydrogen) atoms. The first-order chi connectivity index (χ1) is 15.5. The summed E-state index contributed by atoms with van der Waals surface area (Å²) in [6, 6.07) is 10.1. The molecule has 5 aromatic rings. The van der Waals surface area contributed by atoms with E-state index in [0.29, 0.717) is 40.9 Å². The van der Waals surface area contributed by atoms with Crippen molar-refractivity contribution in [3.63, 3.8) is 0 Å². The summed E-state index contributed by atoms with van der Waals surface area (Å²) in [7, 11) is 0. The van der Waals surface area contributed by atoms with Crippen molar-refractivity contribution in [3.05, 3.63) is 82.9 Å². The largest absolute Gasteiger partial charge is 0.356 e. The zero-order valence-electron chi connectivity index (χ0n) is 16.9. The van der Waals surface area contributed by atoms with Gasteiger partial charge in [0.15, 0.2) is 11.6 Å². The van der Waals surface area contributed by atoms with E-state index in [9.17, 15) is 8.78 Å². The predicted molar refractivity (Wildman–Crippen MR) is 110 cm³/mol. The molecule has 8 nitrogen and oxygen atoms in total. The highest BCUT2D eigenvalue weighted by atomic mass is 19.1. The van der Waals surface area contributed by atoms with Crippen LogP contribution in [0.2, 0.25) is 0 Å². The Bertz CT molecular complexity index is 1440. The fourth-order valence-electron chi connectivity index (χ4n) is 4.23. The van der Waals surface area contributed by atoms with Gasteiger partial charge in [0.05, 0.1) is 6.04 Å². The molecule has 0 radical (unpaired) electrons. The van der Waals surface area contributed by atoms with Crippen LogP contribution < -0.4 is 5.32 Å². The zero-order chi connectivity index (χ0) is 21.8. The average molecular weight is 433 g/mol. The predicted octanol–water partition coefficient (Wildman–Crippen LogP) is 3.90. The molecular formula is C22H17F2N7O. The van der Waals surface area contributed by atoms with Crippen molar-refractivity contribution >= 4 is 10.9 Å². The first-order valence-electron chi connectivity index (χ1n) is 10.1. The number of aromatic amines is 2. The van der Waals surface area contributed by atoms with Crippen LogP contribution in [0.5, 0.6) is 0 Å². The van der Waals surface area contributed by atoms with Gasteiger partial charge in [-0.05, 0) is 54.4 Å². The minimum atomic E-state index is -0.406. The maximum Gasteiger partial charge on any atom is 0.223 e. The monoisotopic (exact) mass is 433 g/mol. The molecule has 0 saturated heterocycles. The number of aryl methyl sites for hydroxylation is 1. The summed E-state index contributed by atoms with van der Waals surface area (Å²) in [6.45, 7) is 1.73. The van der Waals surface area contributed by atoms with Crippen molar-refractivity contribution < 1.29 is 13.3 Å². The second-order valence-electron chi connectivity index (χ2n) is 7.79. The summed E-state index contributed by atoms with van der Waals surface area (Å²) in [5.74, 6) is 1.38. The summed E-state index contributed by atoms with van der Waals surface area (Å²) >= 11 is 0. The SMILES string of the molecule is Cc1nc([C@H]2N[C@@H](c3nc(-c4ccc(F)cc4)n[nH]3)Cc3c2[nH]c2cc(F)ccc32)no1. The number of rotatable bonds is 3. The molecule has 2 aromatic carbocycles. The number of hydrogen-bond donors (Lipinski definition) is 3. The number of fused-ring (bicyclic) bond motifs is 3. The van der Waals surface area contributed by atoms with Gasteiger partial charge in [0.1, 0.15) is 23.5 Å². The Labute approximate surface area is 180 Å². The van der Waals surface area contributed by atoms with Crippen LogP contribution in [0.3, 0.4) is 0 Å². The Morgan fingerprint density at radius 1 is 1.03 bits per heavy atom. The molecule has 1 aliphatic rings. The highest BCUT2D eigenvalue weighted by Gasteiger charge is 2.35. The number of benzene rings is 2. The van der Waals surface area contributed by atoms with Gasteiger partial charge in [0.25, 0.3) is 0 Å². The molecule has 0 spiro atoms. The lowest BCUT2D eigenvalue weighted by Gasteiger charge is -2.28. The van der Waals surface area contributed by atoms with E-state index in [2.05, 4.69) is 35.6 Å². The van der Waals surface area contributed by atoms with E-state index in [1.165, 1.54) is 24.3 Å². The third-order valence-corrected chi connectivity index (χ3v) is 5.70. The summed E-state index contributed by atoms with van der Waals surface area (Å²) in [5.41, 5.74) is 3.29. The topological polar surface area (TPSA) is 108 Å². The van der Waals surface area contributed by atoms with Crippen LogP contribution in [0.1, 0.15) is 40.9 Å². The summed E-state index contributed by atoms with van der Waals surface area (Å²) in [6.07, 6.45) is 0.590. The number of H-pyrrole nitrogens is 2. The van der Waals surface area contributed by atoms with Crippen LogP contribution >= 0.6 is 0 Å². The number of halogens is 2. The summed E-state index contributed by atoms with van der Waals surface area (Å²) in [4.78, 5) is 12.3. The van der Waals surface area contributed by atoms with Gasteiger partial charge in [-0.25, -0.2) is 13.8 Å². The Hall–Kier alpha value is -3.92. The number of hydrogen-bond acceptors (Lipinski definition) is 6. The third kappa shape index (κ3) is 3.07. The molecule has 3 N–H and O–H groups in total. The van der Waals surface area contributed by atoms with Gasteiger partial charge >= 0.3 is 0 Å². The van der Waals surface area contributed by atoms with Crippen LogP contribution in [0, 0.1) is 18.6 Å². The number of aromatic nitrogens is 6. The van der Waals surface area contributed by atoms with Crippen LogP contribution in [0.4, 0.5) is 8.78 Å². The Balaban J connectivity index is 1.43. The molecule has 160 valence electrons. The van der Waals surface area contributed by atoms with Crippen molar-refractivity contribution in [2.24, 2.45) is 0 Å². The fourth-order valence-corrected chi connectivity index (χ4v) is 4.23. The number of nitrogens with one attached hydrogen (secondary N) is 3. The van der Waals surface area contributed by atoms with Gasteiger partial charge in [-0.15, -0.1) is 0 Å². The molecule has 0 saturated carbocycles. The molecule has 0 amide bonds. The molecule has 0 bridgehead atoms. The van der Waals surface area contributed by atoms with Crippen molar-refractivity contribution in [2.45, 2.75) is 25.4 Å². The third-order valence-electron chi connectivity index (χ3n) is 5.70. The summed E-state index contributed by atoms with van der Waals surface area (Å²) in [5, 5.41) is 15.8. The molecule has 6 rings (SSSR count). The standard InChI is InChI=1S/C22H17F2N7O/c1-10-25-22(31-32-10)19-18-15(14-7-6-13(24)8-16(14)26-18)9-17(27-19)21-28-20(29-30-21)11-2-4-12(23)5-3-11/h2-8,17,19,26-27H,9H2,1H3,(H,28,29,30)/t17-,19+/m1/s1. The fraction of sp³-hybridized carbons (Fsp3) is 0.182. The van der Waals surface area contributed by atoms with Gasteiger partial charge in [0.2, 0.25) is 5.89 Å². The quantitative estimate of drug-likeness (QED) is 0.398. The average Bonchev–Trinajstić information content (AvgIpc) is 3.51. The molecule has 3 aromatic heterocycles. The van der Waals surface area contributed by atoms with E-state index < -0.39 is 6.04 Å². The summed E-state index contributed by atoms with van der Waals surface area (Å²) < 4.78 is 32.3. The van der Waals surface area contributed by atoms with Crippen molar-refractivity contribution in [2.75, 3.05) is 0 Å². The van der Waals surface area contributed by atoms with E-state index in [0.717, 1.165) is 16.6 Å². The molecule has 10 heteroatoms. The molecule has 0 unspecified atom stereocenters. The van der Waals surface area contributed by atoms with Crippen LogP contribution in [-0.4, -0.2) is 30.3 Å². The highest BCUT2D eigenvalue weighted by Crippen LogP contribution is 2.38. The minimum absolute atomic E-state index is 0.239. The second kappa shape index (κ2) is 7.06. The van der Waals surface area contributed by atoms with Crippen LogP contribution in [0.15, 0.2) is 47.0 Å². The molecular weight excluding hydrogens is 416 g/mol. The first kappa shape index (κ1) is 18.8. The van der Waals surface area contributed by atoms with Crippen molar-refractivity contribution in [1.29, 1.82) is 0 Å². The molecule has 0 aliphatic carbocycles. The van der Waals surface area contributed by atoms with Gasteiger partial charge in [0, 0.05) is 29.1 Å². The maximum atomic E-state index is 13.8. The van der Waals surface area contributed by atoms with Gasteiger partial charge in [-0.1, -0.05) is 5.16 Å². The second-order valence-corrected chi connectivity index (χ2v) is 7.79. The van der Waals surface area contributed by atoms with Crippen LogP contribution in [-0.2, 0) is 6.42 Å². The minimum Gasteiger partial charge on any atom is -0.356 e. The Kier molecular flexibility index (Phi) is 4.15. The smallest absolute Gasteiger partial charge is 0.223 e. The molecule has 1 aliphatic heterocycles. The molecule has 4 heterocycles. The van der Waals surface area contributed by atoms with Crippen molar-refractivity contribution in [1.82, 2.24) is 35.6 Å². The maximum absolute atomic E-state index is 13.8. The lowest BCUT2D eigenvalue weighted by molar-refractivity contribution is 0.367. The Morgan fingerprint density at radius 3 is 2.62 bits per heavy atom. The van der Waals surface area contributed by atoms with E-state index in [1.807, 2.05) is 0 Å². The lowest BCUT2D eigenvalue weighted by atomic mass is 9.93. The first-order valence-corrected chi connectivity index (χ1v) is 10.1. The number of nitrogens with zero attached hydrogens (tertiary/aromatic N) is 4. The van der Waals surface area contributed by atoms with E-state index in [4.69, 9.17) is 4.52 Å². The van der Waals surface area contributed by atoms with Gasteiger partial charge < -0.3 is 9.51 Å². The normalized spacial score (nSPS) is 18.2. The lowest BCUT2D eigenvalue weighted by Crippen LogP contribution is -2.35. The van der Waals surface area contributed by atoms with Gasteiger partial charge in [-0.2, -0.15) is 10.1 Å². The molecule has 2 atom stereocenters.